The molecule has 0 aliphatic carbocycles. The second-order valence-corrected chi connectivity index (χ2v) is 5.18. The molecule has 0 aromatic carbocycles. The molecule has 2 N–H and O–H groups in total. The lowest BCUT2D eigenvalue weighted by molar-refractivity contribution is 0.282. The summed E-state index contributed by atoms with van der Waals surface area (Å²) >= 11 is 0. The van der Waals surface area contributed by atoms with E-state index >= 15 is 0 Å². The van der Waals surface area contributed by atoms with Gasteiger partial charge >= 0.3 is 0 Å². The summed E-state index contributed by atoms with van der Waals surface area (Å²) in [5.74, 6) is 1.83. The van der Waals surface area contributed by atoms with Crippen molar-refractivity contribution in [1.29, 1.82) is 0 Å². The molecule has 0 spiro atoms. The molecule has 0 saturated carbocycles. The highest BCUT2D eigenvalue weighted by Crippen LogP contribution is 2.31. The minimum absolute atomic E-state index is 0.192. The SMILES string of the molecule is CCc1nc(C(C)(C)C(C)(C)N)n(C)n1. The molecule has 0 amide bonds. The Morgan fingerprint density at radius 2 is 1.80 bits per heavy atom. The molecular formula is C11H22N4. The smallest absolute Gasteiger partial charge is 0.150 e. The molecule has 0 aliphatic heterocycles. The number of rotatable bonds is 3. The van der Waals surface area contributed by atoms with Crippen molar-refractivity contribution in [2.75, 3.05) is 0 Å². The molecule has 0 aliphatic rings. The lowest BCUT2D eigenvalue weighted by Crippen LogP contribution is -2.51. The molecule has 1 aromatic heterocycles. The van der Waals surface area contributed by atoms with Crippen LogP contribution in [-0.4, -0.2) is 20.3 Å². The number of hydrogen-bond donors (Lipinski definition) is 1. The van der Waals surface area contributed by atoms with Gasteiger partial charge in [-0.1, -0.05) is 20.8 Å². The lowest BCUT2D eigenvalue weighted by Gasteiger charge is -2.37. The first kappa shape index (κ1) is 12.2. The van der Waals surface area contributed by atoms with Crippen LogP contribution < -0.4 is 5.73 Å². The Labute approximate surface area is 91.9 Å². The minimum atomic E-state index is -0.321. The zero-order valence-electron chi connectivity index (χ0n) is 10.6. The molecule has 0 saturated heterocycles. The number of aromatic nitrogens is 3. The molecule has 0 unspecified atom stereocenters. The number of nitrogens with zero attached hydrogens (tertiary/aromatic N) is 3. The molecule has 15 heavy (non-hydrogen) atoms. The molecule has 1 heterocycles. The molecule has 0 atom stereocenters. The Bertz CT molecular complexity index is 344. The van der Waals surface area contributed by atoms with E-state index in [9.17, 15) is 0 Å². The quantitative estimate of drug-likeness (QED) is 0.820. The van der Waals surface area contributed by atoms with Crippen molar-refractivity contribution in [1.82, 2.24) is 14.8 Å². The molecule has 1 rings (SSSR count). The first-order chi connectivity index (χ1) is 6.70. The van der Waals surface area contributed by atoms with Gasteiger partial charge < -0.3 is 5.73 Å². The summed E-state index contributed by atoms with van der Waals surface area (Å²) < 4.78 is 1.84. The van der Waals surface area contributed by atoms with Crippen LogP contribution in [0.1, 0.15) is 46.3 Å². The predicted molar refractivity (Wildman–Crippen MR) is 61.7 cm³/mol. The van der Waals surface area contributed by atoms with Crippen LogP contribution in [0, 0.1) is 0 Å². The van der Waals surface area contributed by atoms with Gasteiger partial charge in [0.2, 0.25) is 0 Å². The minimum Gasteiger partial charge on any atom is -0.325 e. The second kappa shape index (κ2) is 3.59. The number of aryl methyl sites for hydroxylation is 2. The van der Waals surface area contributed by atoms with Crippen LogP contribution in [0.25, 0.3) is 0 Å². The van der Waals surface area contributed by atoms with Crippen molar-refractivity contribution in [3.63, 3.8) is 0 Å². The van der Waals surface area contributed by atoms with Gasteiger partial charge in [0.05, 0.1) is 0 Å². The van der Waals surface area contributed by atoms with E-state index in [1.54, 1.807) is 0 Å². The largest absolute Gasteiger partial charge is 0.325 e. The van der Waals surface area contributed by atoms with E-state index < -0.39 is 0 Å². The van der Waals surface area contributed by atoms with Crippen molar-refractivity contribution in [2.24, 2.45) is 12.8 Å². The normalized spacial score (nSPS) is 13.3. The van der Waals surface area contributed by atoms with E-state index in [1.165, 1.54) is 0 Å². The van der Waals surface area contributed by atoms with Gasteiger partial charge in [-0.3, -0.25) is 4.68 Å². The zero-order valence-corrected chi connectivity index (χ0v) is 10.6. The summed E-state index contributed by atoms with van der Waals surface area (Å²) in [5.41, 5.74) is 5.67. The van der Waals surface area contributed by atoms with Crippen LogP contribution in [0.5, 0.6) is 0 Å². The molecule has 4 heteroatoms. The third-order valence-electron chi connectivity index (χ3n) is 3.29. The summed E-state index contributed by atoms with van der Waals surface area (Å²) in [4.78, 5) is 4.54. The van der Waals surface area contributed by atoms with Gasteiger partial charge in [-0.15, -0.1) is 0 Å². The Kier molecular flexibility index (Phi) is 2.92. The van der Waals surface area contributed by atoms with Gasteiger partial charge in [-0.25, -0.2) is 4.98 Å². The van der Waals surface area contributed by atoms with E-state index in [2.05, 4.69) is 30.9 Å². The summed E-state index contributed by atoms with van der Waals surface area (Å²) in [6.45, 7) is 10.3. The highest BCUT2D eigenvalue weighted by molar-refractivity contribution is 5.14. The third-order valence-corrected chi connectivity index (χ3v) is 3.29. The molecular weight excluding hydrogens is 188 g/mol. The summed E-state index contributed by atoms with van der Waals surface area (Å²) in [6, 6.07) is 0. The molecule has 0 bridgehead atoms. The maximum Gasteiger partial charge on any atom is 0.150 e. The van der Waals surface area contributed by atoms with Crippen LogP contribution in [0.4, 0.5) is 0 Å². The standard InChI is InChI=1S/C11H22N4/c1-7-8-13-9(15(6)14-8)10(2,3)11(4,5)12/h7,12H2,1-6H3. The monoisotopic (exact) mass is 210 g/mol. The first-order valence-corrected chi connectivity index (χ1v) is 5.39. The fourth-order valence-corrected chi connectivity index (χ4v) is 1.42. The second-order valence-electron chi connectivity index (χ2n) is 5.18. The molecule has 86 valence electrons. The maximum atomic E-state index is 6.18. The number of hydrogen-bond acceptors (Lipinski definition) is 3. The summed E-state index contributed by atoms with van der Waals surface area (Å²) in [5, 5.41) is 4.36. The first-order valence-electron chi connectivity index (χ1n) is 5.39. The average Bonchev–Trinajstić information content (AvgIpc) is 2.45. The average molecular weight is 210 g/mol. The fourth-order valence-electron chi connectivity index (χ4n) is 1.42. The van der Waals surface area contributed by atoms with Gasteiger partial charge in [-0.2, -0.15) is 5.10 Å². The fraction of sp³-hybridized carbons (Fsp3) is 0.818. The van der Waals surface area contributed by atoms with E-state index in [4.69, 9.17) is 5.73 Å². The van der Waals surface area contributed by atoms with Crippen molar-refractivity contribution < 1.29 is 0 Å². The van der Waals surface area contributed by atoms with Gasteiger partial charge in [0, 0.05) is 24.4 Å². The molecule has 4 nitrogen and oxygen atoms in total. The van der Waals surface area contributed by atoms with E-state index in [1.807, 2.05) is 25.6 Å². The van der Waals surface area contributed by atoms with Crippen LogP contribution in [0.15, 0.2) is 0 Å². The topological polar surface area (TPSA) is 56.7 Å². The Morgan fingerprint density at radius 3 is 2.13 bits per heavy atom. The van der Waals surface area contributed by atoms with Crippen molar-refractivity contribution in [3.05, 3.63) is 11.6 Å². The van der Waals surface area contributed by atoms with Crippen LogP contribution in [0.3, 0.4) is 0 Å². The van der Waals surface area contributed by atoms with Crippen molar-refractivity contribution in [2.45, 2.75) is 52.0 Å². The van der Waals surface area contributed by atoms with Crippen LogP contribution >= 0.6 is 0 Å². The highest BCUT2D eigenvalue weighted by Gasteiger charge is 2.39. The molecule has 1 aromatic rings. The summed E-state index contributed by atoms with van der Waals surface area (Å²) in [7, 11) is 1.93. The highest BCUT2D eigenvalue weighted by atomic mass is 15.3. The molecule has 0 radical (unpaired) electrons. The lowest BCUT2D eigenvalue weighted by atomic mass is 9.74. The van der Waals surface area contributed by atoms with Crippen molar-refractivity contribution in [3.8, 4) is 0 Å². The van der Waals surface area contributed by atoms with Crippen molar-refractivity contribution >= 4 is 0 Å². The summed E-state index contributed by atoms with van der Waals surface area (Å²) in [6.07, 6.45) is 0.856. The van der Waals surface area contributed by atoms with E-state index in [-0.39, 0.29) is 11.0 Å². The van der Waals surface area contributed by atoms with Gasteiger partial charge in [0.1, 0.15) is 5.82 Å². The van der Waals surface area contributed by atoms with Gasteiger partial charge in [0.25, 0.3) is 0 Å². The van der Waals surface area contributed by atoms with Gasteiger partial charge in [0.15, 0.2) is 5.82 Å². The van der Waals surface area contributed by atoms with E-state index in [0.29, 0.717) is 0 Å². The van der Waals surface area contributed by atoms with Gasteiger partial charge in [-0.05, 0) is 13.8 Å². The Morgan fingerprint density at radius 1 is 1.27 bits per heavy atom. The van der Waals surface area contributed by atoms with Crippen LogP contribution in [0.2, 0.25) is 0 Å². The maximum absolute atomic E-state index is 6.18. The predicted octanol–water partition coefficient (Wildman–Crippen LogP) is 1.39. The Hall–Kier alpha value is -0.900. The Balaban J connectivity index is 3.20. The number of nitrogens with two attached hydrogens (primary N) is 1. The van der Waals surface area contributed by atoms with E-state index in [0.717, 1.165) is 18.1 Å². The van der Waals surface area contributed by atoms with Crippen LogP contribution in [-0.2, 0) is 18.9 Å². The zero-order chi connectivity index (χ0) is 11.9. The molecule has 0 fully saturated rings. The third kappa shape index (κ3) is 2.04.